The van der Waals surface area contributed by atoms with Gasteiger partial charge >= 0.3 is 6.36 Å². The molecule has 1 fully saturated rings. The average Bonchev–Trinajstić information content (AvgIpc) is 3.08. The Balaban J connectivity index is 1.69. The number of hydrogen-bond donors (Lipinski definition) is 1. The summed E-state index contributed by atoms with van der Waals surface area (Å²) in [6, 6.07) is 9.92. The molecule has 30 heavy (non-hydrogen) atoms. The molecule has 0 aromatic heterocycles. The molecule has 1 atom stereocenters. The van der Waals surface area contributed by atoms with Crippen LogP contribution >= 0.6 is 0 Å². The molecule has 3 rings (SSSR count). The first-order chi connectivity index (χ1) is 14.2. The lowest BCUT2D eigenvalue weighted by atomic mass is 10.1. The van der Waals surface area contributed by atoms with Gasteiger partial charge in [0.1, 0.15) is 5.75 Å². The van der Waals surface area contributed by atoms with Crippen LogP contribution in [0.5, 0.6) is 17.2 Å². The van der Waals surface area contributed by atoms with Crippen molar-refractivity contribution in [1.29, 1.82) is 0 Å². The lowest BCUT2D eigenvalue weighted by molar-refractivity contribution is -0.274. The van der Waals surface area contributed by atoms with E-state index in [1.54, 1.807) is 18.2 Å². The molecule has 0 bridgehead atoms. The average molecular weight is 424 g/mol. The fraction of sp³-hybridized carbons (Fsp3) is 0.300. The molecule has 7 nitrogen and oxygen atoms in total. The topological polar surface area (TPSA) is 77.1 Å². The van der Waals surface area contributed by atoms with Crippen LogP contribution in [0.1, 0.15) is 6.42 Å². The number of nitrogens with one attached hydrogen (secondary N) is 1. The van der Waals surface area contributed by atoms with Crippen LogP contribution in [0, 0.1) is 5.92 Å². The Labute approximate surface area is 170 Å². The van der Waals surface area contributed by atoms with Crippen molar-refractivity contribution in [3.8, 4) is 17.2 Å². The number of nitrogens with zero attached hydrogens (tertiary/aromatic N) is 1. The van der Waals surface area contributed by atoms with Crippen LogP contribution in [-0.4, -0.2) is 38.9 Å². The summed E-state index contributed by atoms with van der Waals surface area (Å²) < 4.78 is 51.3. The summed E-state index contributed by atoms with van der Waals surface area (Å²) in [6.45, 7) is 0.124. The van der Waals surface area contributed by atoms with E-state index in [1.807, 2.05) is 0 Å². The van der Waals surface area contributed by atoms with Gasteiger partial charge in [-0.2, -0.15) is 0 Å². The molecule has 1 aliphatic heterocycles. The molecule has 0 radical (unpaired) electrons. The lowest BCUT2D eigenvalue weighted by Gasteiger charge is -2.18. The van der Waals surface area contributed by atoms with E-state index in [-0.39, 0.29) is 24.6 Å². The second kappa shape index (κ2) is 8.52. The zero-order chi connectivity index (χ0) is 21.9. The molecule has 0 spiro atoms. The van der Waals surface area contributed by atoms with Crippen LogP contribution in [0.2, 0.25) is 0 Å². The van der Waals surface area contributed by atoms with Crippen LogP contribution < -0.4 is 24.4 Å². The van der Waals surface area contributed by atoms with Gasteiger partial charge in [-0.1, -0.05) is 6.07 Å². The number of halogens is 3. The molecule has 10 heteroatoms. The van der Waals surface area contributed by atoms with E-state index in [4.69, 9.17) is 9.47 Å². The van der Waals surface area contributed by atoms with Crippen molar-refractivity contribution in [2.24, 2.45) is 5.92 Å². The van der Waals surface area contributed by atoms with E-state index in [0.717, 1.165) is 12.1 Å². The quantitative estimate of drug-likeness (QED) is 0.767. The fourth-order valence-corrected chi connectivity index (χ4v) is 3.14. The number of carbonyl (C=O) groups excluding carboxylic acids is 2. The standard InChI is InChI=1S/C20H19F3N2O5/c1-28-16-7-6-14(10-17(16)29-2)25-11-12(8-18(25)26)19(27)24-13-4-3-5-15(9-13)30-20(21,22)23/h3-7,9-10,12H,8,11H2,1-2H3,(H,24,27). The van der Waals surface area contributed by atoms with Gasteiger partial charge in [-0.05, 0) is 24.3 Å². The first-order valence-electron chi connectivity index (χ1n) is 8.89. The van der Waals surface area contributed by atoms with E-state index in [2.05, 4.69) is 10.1 Å². The Morgan fingerprint density at radius 1 is 1.10 bits per heavy atom. The predicted molar refractivity (Wildman–Crippen MR) is 102 cm³/mol. The van der Waals surface area contributed by atoms with Crippen LogP contribution in [0.4, 0.5) is 24.5 Å². The number of methoxy groups -OCH3 is 2. The van der Waals surface area contributed by atoms with Crippen molar-refractivity contribution in [2.45, 2.75) is 12.8 Å². The first kappa shape index (κ1) is 21.3. The highest BCUT2D eigenvalue weighted by molar-refractivity contribution is 6.03. The van der Waals surface area contributed by atoms with Crippen LogP contribution in [0.15, 0.2) is 42.5 Å². The molecule has 0 saturated carbocycles. The zero-order valence-electron chi connectivity index (χ0n) is 16.2. The number of ether oxygens (including phenoxy) is 3. The van der Waals surface area contributed by atoms with Crippen LogP contribution in [0.3, 0.4) is 0 Å². The Bertz CT molecular complexity index is 948. The van der Waals surface area contributed by atoms with E-state index >= 15 is 0 Å². The fourth-order valence-electron chi connectivity index (χ4n) is 3.14. The molecule has 1 aliphatic rings. The summed E-state index contributed by atoms with van der Waals surface area (Å²) in [5, 5.41) is 2.53. The SMILES string of the molecule is COc1ccc(N2CC(C(=O)Nc3cccc(OC(F)(F)F)c3)CC2=O)cc1OC. The minimum Gasteiger partial charge on any atom is -0.493 e. The summed E-state index contributed by atoms with van der Waals surface area (Å²) in [6.07, 6.45) is -4.86. The van der Waals surface area contributed by atoms with Gasteiger partial charge in [0, 0.05) is 36.5 Å². The second-order valence-corrected chi connectivity index (χ2v) is 6.51. The third-order valence-electron chi connectivity index (χ3n) is 4.51. The van der Waals surface area contributed by atoms with Gasteiger partial charge in [-0.25, -0.2) is 0 Å². The summed E-state index contributed by atoms with van der Waals surface area (Å²) in [5.74, 6) is -0.903. The molecule has 1 N–H and O–H groups in total. The summed E-state index contributed by atoms with van der Waals surface area (Å²) >= 11 is 0. The molecule has 2 aromatic rings. The number of benzene rings is 2. The van der Waals surface area contributed by atoms with Gasteiger partial charge in [0.05, 0.1) is 20.1 Å². The third-order valence-corrected chi connectivity index (χ3v) is 4.51. The molecular weight excluding hydrogens is 405 g/mol. The third kappa shape index (κ3) is 4.94. The minimum absolute atomic E-state index is 0.0288. The summed E-state index contributed by atoms with van der Waals surface area (Å²) in [7, 11) is 2.97. The highest BCUT2D eigenvalue weighted by Gasteiger charge is 2.36. The van der Waals surface area contributed by atoms with E-state index in [1.165, 1.54) is 31.3 Å². The van der Waals surface area contributed by atoms with Crippen LogP contribution in [-0.2, 0) is 9.59 Å². The van der Waals surface area contributed by atoms with E-state index in [9.17, 15) is 22.8 Å². The van der Waals surface area contributed by atoms with Gasteiger partial charge in [0.2, 0.25) is 11.8 Å². The van der Waals surface area contributed by atoms with Gasteiger partial charge in [0.15, 0.2) is 11.5 Å². The van der Waals surface area contributed by atoms with E-state index in [0.29, 0.717) is 17.2 Å². The van der Waals surface area contributed by atoms with Gasteiger partial charge in [-0.15, -0.1) is 13.2 Å². The molecule has 1 saturated heterocycles. The van der Waals surface area contributed by atoms with Gasteiger partial charge in [0.25, 0.3) is 0 Å². The van der Waals surface area contributed by atoms with Crippen molar-refractivity contribution in [2.75, 3.05) is 31.0 Å². The van der Waals surface area contributed by atoms with Gasteiger partial charge < -0.3 is 24.4 Å². The molecule has 1 heterocycles. The largest absolute Gasteiger partial charge is 0.573 e. The van der Waals surface area contributed by atoms with Crippen molar-refractivity contribution in [1.82, 2.24) is 0 Å². The van der Waals surface area contributed by atoms with Crippen molar-refractivity contribution in [3.05, 3.63) is 42.5 Å². The number of carbonyl (C=O) groups is 2. The molecule has 0 aliphatic carbocycles. The summed E-state index contributed by atoms with van der Waals surface area (Å²) in [5.41, 5.74) is 0.687. The second-order valence-electron chi connectivity index (χ2n) is 6.51. The predicted octanol–water partition coefficient (Wildman–Crippen LogP) is 3.59. The Morgan fingerprint density at radius 3 is 2.50 bits per heavy atom. The molecule has 2 amide bonds. The maximum absolute atomic E-state index is 12.6. The number of rotatable bonds is 6. The maximum Gasteiger partial charge on any atom is 0.573 e. The number of hydrogen-bond acceptors (Lipinski definition) is 5. The molecular formula is C20H19F3N2O5. The lowest BCUT2D eigenvalue weighted by Crippen LogP contribution is -2.28. The molecule has 1 unspecified atom stereocenters. The monoisotopic (exact) mass is 424 g/mol. The van der Waals surface area contributed by atoms with Gasteiger partial charge in [-0.3, -0.25) is 9.59 Å². The van der Waals surface area contributed by atoms with Crippen molar-refractivity contribution in [3.63, 3.8) is 0 Å². The smallest absolute Gasteiger partial charge is 0.493 e. The Morgan fingerprint density at radius 2 is 1.83 bits per heavy atom. The number of amides is 2. The molecule has 160 valence electrons. The highest BCUT2D eigenvalue weighted by atomic mass is 19.4. The first-order valence-corrected chi connectivity index (χ1v) is 8.89. The highest BCUT2D eigenvalue weighted by Crippen LogP contribution is 2.34. The molecule has 2 aromatic carbocycles. The van der Waals surface area contributed by atoms with Crippen LogP contribution in [0.25, 0.3) is 0 Å². The van der Waals surface area contributed by atoms with E-state index < -0.39 is 23.9 Å². The zero-order valence-corrected chi connectivity index (χ0v) is 16.2. The minimum atomic E-state index is -4.83. The summed E-state index contributed by atoms with van der Waals surface area (Å²) in [4.78, 5) is 26.4. The normalized spacial score (nSPS) is 16.4. The number of anilines is 2. The Hall–Kier alpha value is -3.43. The van der Waals surface area contributed by atoms with Crippen molar-refractivity contribution < 1.29 is 37.0 Å². The Kier molecular flexibility index (Phi) is 6.04. The number of alkyl halides is 3. The maximum atomic E-state index is 12.6. The van der Waals surface area contributed by atoms with Crippen molar-refractivity contribution >= 4 is 23.2 Å².